The molecule has 1 aromatic carbocycles. The summed E-state index contributed by atoms with van der Waals surface area (Å²) in [6, 6.07) is 8.00. The molecule has 2 rings (SSSR count). The molecule has 15 heavy (non-hydrogen) atoms. The van der Waals surface area contributed by atoms with Crippen LogP contribution in [0.25, 0.3) is 0 Å². The second-order valence-electron chi connectivity index (χ2n) is 4.29. The highest BCUT2D eigenvalue weighted by molar-refractivity contribution is 5.46. The number of para-hydroxylation sites is 1. The number of ether oxygens (including phenoxy) is 1. The maximum Gasteiger partial charge on any atom is 0.0507 e. The van der Waals surface area contributed by atoms with Crippen molar-refractivity contribution in [1.29, 1.82) is 0 Å². The Labute approximate surface area is 91.4 Å². The molecular weight excluding hydrogens is 186 g/mol. The van der Waals surface area contributed by atoms with E-state index in [1.807, 2.05) is 18.2 Å². The Hall–Kier alpha value is -1.02. The van der Waals surface area contributed by atoms with Gasteiger partial charge in [0, 0.05) is 12.3 Å². The number of nitrogen functional groups attached to an aromatic ring is 1. The number of hydrogen-bond donors (Lipinski definition) is 1. The molecular formula is C13H19NO. The van der Waals surface area contributed by atoms with Crippen molar-refractivity contribution in [3.63, 3.8) is 0 Å². The average Bonchev–Trinajstić information content (AvgIpc) is 3.04. The van der Waals surface area contributed by atoms with Crippen LogP contribution in [-0.2, 0) is 11.2 Å². The van der Waals surface area contributed by atoms with Crippen molar-refractivity contribution < 1.29 is 4.74 Å². The third-order valence-electron chi connectivity index (χ3n) is 2.94. The van der Waals surface area contributed by atoms with E-state index < -0.39 is 0 Å². The molecule has 0 radical (unpaired) electrons. The summed E-state index contributed by atoms with van der Waals surface area (Å²) in [6.07, 6.45) is 4.99. The zero-order valence-corrected chi connectivity index (χ0v) is 9.11. The summed E-state index contributed by atoms with van der Waals surface area (Å²) in [5.41, 5.74) is 7.91. The quantitative estimate of drug-likeness (QED) is 0.572. The minimum absolute atomic E-state index is 0.793. The molecule has 0 aliphatic heterocycles. The van der Waals surface area contributed by atoms with Crippen molar-refractivity contribution in [3.05, 3.63) is 29.8 Å². The second kappa shape index (κ2) is 5.17. The second-order valence-corrected chi connectivity index (χ2v) is 4.29. The molecule has 1 aromatic rings. The van der Waals surface area contributed by atoms with Crippen molar-refractivity contribution in [2.75, 3.05) is 18.9 Å². The Morgan fingerprint density at radius 2 is 2.00 bits per heavy atom. The van der Waals surface area contributed by atoms with Crippen LogP contribution in [0.3, 0.4) is 0 Å². The van der Waals surface area contributed by atoms with E-state index in [0.29, 0.717) is 0 Å². The van der Waals surface area contributed by atoms with Gasteiger partial charge in [-0.1, -0.05) is 31.0 Å². The van der Waals surface area contributed by atoms with Crippen molar-refractivity contribution in [1.82, 2.24) is 0 Å². The zero-order chi connectivity index (χ0) is 10.5. The van der Waals surface area contributed by atoms with Gasteiger partial charge in [0.25, 0.3) is 0 Å². The first kappa shape index (κ1) is 10.5. The van der Waals surface area contributed by atoms with Crippen LogP contribution in [0.1, 0.15) is 24.8 Å². The molecule has 2 heteroatoms. The standard InChI is InChI=1S/C13H19NO/c14-13-4-2-1-3-12(13)8-10-15-9-7-11-5-6-11/h1-4,11H,5-10,14H2. The largest absolute Gasteiger partial charge is 0.399 e. The van der Waals surface area contributed by atoms with E-state index in [1.54, 1.807) is 0 Å². The van der Waals surface area contributed by atoms with Crippen LogP contribution in [0.4, 0.5) is 5.69 Å². The molecule has 1 aliphatic rings. The molecule has 2 nitrogen and oxygen atoms in total. The van der Waals surface area contributed by atoms with Crippen LogP contribution < -0.4 is 5.73 Å². The Morgan fingerprint density at radius 1 is 1.20 bits per heavy atom. The molecule has 1 saturated carbocycles. The number of hydrogen-bond acceptors (Lipinski definition) is 2. The smallest absolute Gasteiger partial charge is 0.0507 e. The Kier molecular flexibility index (Phi) is 3.62. The highest BCUT2D eigenvalue weighted by Crippen LogP contribution is 2.32. The van der Waals surface area contributed by atoms with Gasteiger partial charge in [0.05, 0.1) is 6.61 Å². The van der Waals surface area contributed by atoms with E-state index in [1.165, 1.54) is 24.8 Å². The number of nitrogens with two attached hydrogens (primary N) is 1. The highest BCUT2D eigenvalue weighted by Gasteiger charge is 2.20. The van der Waals surface area contributed by atoms with Crippen LogP contribution in [0.15, 0.2) is 24.3 Å². The van der Waals surface area contributed by atoms with Crippen LogP contribution in [-0.4, -0.2) is 13.2 Å². The molecule has 0 heterocycles. The summed E-state index contributed by atoms with van der Waals surface area (Å²) in [6.45, 7) is 1.71. The summed E-state index contributed by atoms with van der Waals surface area (Å²) >= 11 is 0. The Balaban J connectivity index is 1.62. The van der Waals surface area contributed by atoms with Gasteiger partial charge in [0.15, 0.2) is 0 Å². The van der Waals surface area contributed by atoms with Gasteiger partial charge in [-0.15, -0.1) is 0 Å². The number of benzene rings is 1. The summed E-state index contributed by atoms with van der Waals surface area (Å²) in [7, 11) is 0. The van der Waals surface area contributed by atoms with Gasteiger partial charge in [-0.2, -0.15) is 0 Å². The van der Waals surface area contributed by atoms with E-state index in [2.05, 4.69) is 6.07 Å². The average molecular weight is 205 g/mol. The normalized spacial score (nSPS) is 15.5. The first-order chi connectivity index (χ1) is 7.36. The van der Waals surface area contributed by atoms with Crippen LogP contribution in [0.5, 0.6) is 0 Å². The van der Waals surface area contributed by atoms with Crippen molar-refractivity contribution in [2.45, 2.75) is 25.7 Å². The van der Waals surface area contributed by atoms with E-state index >= 15 is 0 Å². The van der Waals surface area contributed by atoms with Crippen molar-refractivity contribution in [3.8, 4) is 0 Å². The molecule has 2 N–H and O–H groups in total. The fourth-order valence-corrected chi connectivity index (χ4v) is 1.70. The van der Waals surface area contributed by atoms with Gasteiger partial charge >= 0.3 is 0 Å². The summed E-state index contributed by atoms with van der Waals surface area (Å²) < 4.78 is 5.59. The molecule has 1 aliphatic carbocycles. The van der Waals surface area contributed by atoms with Gasteiger partial charge in [-0.05, 0) is 30.4 Å². The Morgan fingerprint density at radius 3 is 2.73 bits per heavy atom. The molecule has 0 spiro atoms. The van der Waals surface area contributed by atoms with Crippen LogP contribution >= 0.6 is 0 Å². The zero-order valence-electron chi connectivity index (χ0n) is 9.11. The van der Waals surface area contributed by atoms with Gasteiger partial charge in [0.1, 0.15) is 0 Å². The maximum atomic E-state index is 5.84. The maximum absolute atomic E-state index is 5.84. The van der Waals surface area contributed by atoms with Gasteiger partial charge in [-0.25, -0.2) is 0 Å². The lowest BCUT2D eigenvalue weighted by atomic mass is 10.1. The van der Waals surface area contributed by atoms with Crippen molar-refractivity contribution >= 4 is 5.69 Å². The molecule has 0 bridgehead atoms. The molecule has 0 aromatic heterocycles. The SMILES string of the molecule is Nc1ccccc1CCOCCC1CC1. The molecule has 1 fully saturated rings. The van der Waals surface area contributed by atoms with E-state index in [4.69, 9.17) is 10.5 Å². The molecule has 0 atom stereocenters. The highest BCUT2D eigenvalue weighted by atomic mass is 16.5. The molecule has 82 valence electrons. The first-order valence-corrected chi connectivity index (χ1v) is 5.77. The predicted molar refractivity (Wildman–Crippen MR) is 62.7 cm³/mol. The third kappa shape index (κ3) is 3.56. The lowest BCUT2D eigenvalue weighted by Gasteiger charge is -2.06. The third-order valence-corrected chi connectivity index (χ3v) is 2.94. The fourth-order valence-electron chi connectivity index (χ4n) is 1.70. The fraction of sp³-hybridized carbons (Fsp3) is 0.538. The van der Waals surface area contributed by atoms with E-state index in [0.717, 1.165) is 31.2 Å². The van der Waals surface area contributed by atoms with Gasteiger partial charge in [0.2, 0.25) is 0 Å². The molecule has 0 unspecified atom stereocenters. The minimum atomic E-state index is 0.793. The summed E-state index contributed by atoms with van der Waals surface area (Å²) in [4.78, 5) is 0. The van der Waals surface area contributed by atoms with Crippen molar-refractivity contribution in [2.24, 2.45) is 5.92 Å². The molecule has 0 amide bonds. The number of anilines is 1. The van der Waals surface area contributed by atoms with Crippen LogP contribution in [0, 0.1) is 5.92 Å². The predicted octanol–water partition coefficient (Wildman–Crippen LogP) is 2.63. The molecule has 0 saturated heterocycles. The van der Waals surface area contributed by atoms with Crippen LogP contribution in [0.2, 0.25) is 0 Å². The Bertz CT molecular complexity index is 307. The summed E-state index contributed by atoms with van der Waals surface area (Å²) in [5.74, 6) is 0.965. The lowest BCUT2D eigenvalue weighted by Crippen LogP contribution is -2.03. The van der Waals surface area contributed by atoms with Gasteiger partial charge < -0.3 is 10.5 Å². The monoisotopic (exact) mass is 205 g/mol. The van der Waals surface area contributed by atoms with E-state index in [-0.39, 0.29) is 0 Å². The minimum Gasteiger partial charge on any atom is -0.399 e. The van der Waals surface area contributed by atoms with Gasteiger partial charge in [-0.3, -0.25) is 0 Å². The number of rotatable bonds is 6. The summed E-state index contributed by atoms with van der Waals surface area (Å²) in [5, 5.41) is 0. The first-order valence-electron chi connectivity index (χ1n) is 5.77. The topological polar surface area (TPSA) is 35.2 Å². The lowest BCUT2D eigenvalue weighted by molar-refractivity contribution is 0.131. The van der Waals surface area contributed by atoms with E-state index in [9.17, 15) is 0 Å².